The molecule has 2 atom stereocenters. The molecule has 0 heterocycles. The van der Waals surface area contributed by atoms with Gasteiger partial charge in [0.1, 0.15) is 17.7 Å². The van der Waals surface area contributed by atoms with Crippen LogP contribution in [0, 0.1) is 0 Å². The summed E-state index contributed by atoms with van der Waals surface area (Å²) in [4.78, 5) is 36.1. The van der Waals surface area contributed by atoms with Gasteiger partial charge in [0.05, 0.1) is 0 Å². The van der Waals surface area contributed by atoms with Crippen LogP contribution in [0.25, 0.3) is 10.8 Å². The van der Waals surface area contributed by atoms with Crippen molar-refractivity contribution in [2.24, 2.45) is 5.73 Å². The summed E-state index contributed by atoms with van der Waals surface area (Å²) in [7, 11) is 0. The molecular formula is C21H27N3O4. The lowest BCUT2D eigenvalue weighted by molar-refractivity contribution is -0.128. The number of nitrogens with one attached hydrogen (secondary N) is 2. The fourth-order valence-corrected chi connectivity index (χ4v) is 2.65. The maximum Gasteiger partial charge on any atom is 0.408 e. The van der Waals surface area contributed by atoms with Gasteiger partial charge < -0.3 is 21.1 Å². The quantitative estimate of drug-likeness (QED) is 0.708. The van der Waals surface area contributed by atoms with E-state index in [0.717, 1.165) is 16.3 Å². The molecule has 0 spiro atoms. The molecule has 2 aromatic carbocycles. The number of benzene rings is 2. The average molecular weight is 385 g/mol. The van der Waals surface area contributed by atoms with Crippen molar-refractivity contribution in [3.8, 4) is 0 Å². The summed E-state index contributed by atoms with van der Waals surface area (Å²) < 4.78 is 5.26. The average Bonchev–Trinajstić information content (AvgIpc) is 2.59. The first kappa shape index (κ1) is 21.2. The molecule has 0 unspecified atom stereocenters. The van der Waals surface area contributed by atoms with Gasteiger partial charge in [-0.1, -0.05) is 42.5 Å². The predicted molar refractivity (Wildman–Crippen MR) is 108 cm³/mol. The number of hydrogen-bond acceptors (Lipinski definition) is 4. The van der Waals surface area contributed by atoms with Gasteiger partial charge in [-0.15, -0.1) is 0 Å². The molecule has 2 aromatic rings. The molecule has 0 aliphatic rings. The Morgan fingerprint density at radius 1 is 1.04 bits per heavy atom. The number of carbonyl (C=O) groups excluding carboxylic acids is 3. The summed E-state index contributed by atoms with van der Waals surface area (Å²) >= 11 is 0. The van der Waals surface area contributed by atoms with Crippen LogP contribution in [0.4, 0.5) is 4.79 Å². The highest BCUT2D eigenvalue weighted by atomic mass is 16.6. The van der Waals surface area contributed by atoms with Crippen molar-refractivity contribution in [2.45, 2.75) is 51.8 Å². The number of ether oxygens (including phenoxy) is 1. The first-order valence-corrected chi connectivity index (χ1v) is 9.12. The zero-order valence-corrected chi connectivity index (χ0v) is 16.6. The Morgan fingerprint density at radius 2 is 1.68 bits per heavy atom. The van der Waals surface area contributed by atoms with Crippen LogP contribution in [0.1, 0.15) is 33.3 Å². The van der Waals surface area contributed by atoms with Gasteiger partial charge in [-0.2, -0.15) is 0 Å². The fraction of sp³-hybridized carbons (Fsp3) is 0.381. The summed E-state index contributed by atoms with van der Waals surface area (Å²) in [6.07, 6.45) is -0.471. The minimum atomic E-state index is -0.919. The fourth-order valence-electron chi connectivity index (χ4n) is 2.65. The van der Waals surface area contributed by atoms with Crippen LogP contribution in [0.3, 0.4) is 0 Å². The van der Waals surface area contributed by atoms with Gasteiger partial charge in [0.2, 0.25) is 11.8 Å². The molecule has 2 rings (SSSR count). The van der Waals surface area contributed by atoms with Gasteiger partial charge in [-0.05, 0) is 44.0 Å². The van der Waals surface area contributed by atoms with Crippen molar-refractivity contribution in [1.29, 1.82) is 0 Å². The number of rotatable bonds is 6. The Labute approximate surface area is 164 Å². The van der Waals surface area contributed by atoms with Crippen LogP contribution in [0.2, 0.25) is 0 Å². The zero-order chi connectivity index (χ0) is 20.9. The normalized spacial score (nSPS) is 13.4. The van der Waals surface area contributed by atoms with Crippen molar-refractivity contribution in [2.75, 3.05) is 0 Å². The highest BCUT2D eigenvalue weighted by Gasteiger charge is 2.26. The zero-order valence-electron chi connectivity index (χ0n) is 16.6. The van der Waals surface area contributed by atoms with Crippen LogP contribution < -0.4 is 16.4 Å². The number of primary amides is 1. The number of amides is 3. The molecule has 0 saturated carbocycles. The second-order valence-electron chi connectivity index (χ2n) is 7.72. The summed E-state index contributed by atoms with van der Waals surface area (Å²) in [5, 5.41) is 7.22. The molecular weight excluding hydrogens is 358 g/mol. The van der Waals surface area contributed by atoms with Crippen LogP contribution in [0.5, 0.6) is 0 Å². The largest absolute Gasteiger partial charge is 0.444 e. The molecule has 4 N–H and O–H groups in total. The van der Waals surface area contributed by atoms with E-state index in [2.05, 4.69) is 10.6 Å². The predicted octanol–water partition coefficient (Wildman–Crippen LogP) is 2.27. The van der Waals surface area contributed by atoms with E-state index in [9.17, 15) is 14.4 Å². The third kappa shape index (κ3) is 6.26. The maximum atomic E-state index is 12.6. The van der Waals surface area contributed by atoms with E-state index < -0.39 is 35.6 Å². The summed E-state index contributed by atoms with van der Waals surface area (Å²) in [6, 6.07) is 11.9. The second kappa shape index (κ2) is 8.73. The molecule has 28 heavy (non-hydrogen) atoms. The molecule has 0 saturated heterocycles. The van der Waals surface area contributed by atoms with E-state index in [1.807, 2.05) is 42.5 Å². The maximum absolute atomic E-state index is 12.6. The Morgan fingerprint density at radius 3 is 2.29 bits per heavy atom. The summed E-state index contributed by atoms with van der Waals surface area (Å²) in [5.74, 6) is -1.17. The number of hydrogen-bond donors (Lipinski definition) is 3. The van der Waals surface area contributed by atoms with E-state index in [4.69, 9.17) is 10.5 Å². The Kier molecular flexibility index (Phi) is 6.62. The van der Waals surface area contributed by atoms with E-state index >= 15 is 0 Å². The van der Waals surface area contributed by atoms with Gasteiger partial charge in [0, 0.05) is 6.42 Å². The van der Waals surface area contributed by atoms with E-state index in [-0.39, 0.29) is 6.42 Å². The highest BCUT2D eigenvalue weighted by molar-refractivity contribution is 5.91. The third-order valence-electron chi connectivity index (χ3n) is 4.05. The number of fused-ring (bicyclic) bond motifs is 1. The lowest BCUT2D eigenvalue weighted by Crippen LogP contribution is -2.53. The SMILES string of the molecule is C[C@H](NC(=O)[C@@H](Cc1ccc2ccccc2c1)NC(=O)OC(C)(C)C)C(N)=O. The smallest absolute Gasteiger partial charge is 0.408 e. The van der Waals surface area contributed by atoms with Gasteiger partial charge in [-0.3, -0.25) is 9.59 Å². The molecule has 0 aliphatic carbocycles. The van der Waals surface area contributed by atoms with Crippen molar-refractivity contribution >= 4 is 28.7 Å². The lowest BCUT2D eigenvalue weighted by atomic mass is 10.0. The number of carbonyl (C=O) groups is 3. The monoisotopic (exact) mass is 385 g/mol. The Hall–Kier alpha value is -3.09. The number of nitrogens with two attached hydrogens (primary N) is 1. The molecule has 0 radical (unpaired) electrons. The van der Waals surface area contributed by atoms with Gasteiger partial charge in [-0.25, -0.2) is 4.79 Å². The van der Waals surface area contributed by atoms with Gasteiger partial charge in [0.25, 0.3) is 0 Å². The standard InChI is InChI=1S/C21H27N3O4/c1-13(18(22)25)23-19(26)17(24-20(27)28-21(2,3)4)12-14-9-10-15-7-5-6-8-16(15)11-14/h5-11,13,17H,12H2,1-4H3,(H2,22,25)(H,23,26)(H,24,27)/t13-,17+/m0/s1. The van der Waals surface area contributed by atoms with E-state index in [1.165, 1.54) is 6.92 Å². The summed E-state index contributed by atoms with van der Waals surface area (Å²) in [6.45, 7) is 6.70. The van der Waals surface area contributed by atoms with Crippen LogP contribution in [-0.4, -0.2) is 35.6 Å². The molecule has 3 amide bonds. The molecule has 0 aromatic heterocycles. The van der Waals surface area contributed by atoms with Crippen LogP contribution in [-0.2, 0) is 20.7 Å². The summed E-state index contributed by atoms with van der Waals surface area (Å²) in [5.41, 5.74) is 5.38. The first-order valence-electron chi connectivity index (χ1n) is 9.12. The van der Waals surface area contributed by atoms with Crippen LogP contribution in [0.15, 0.2) is 42.5 Å². The molecule has 7 heteroatoms. The lowest BCUT2D eigenvalue weighted by Gasteiger charge is -2.24. The van der Waals surface area contributed by atoms with Crippen molar-refractivity contribution < 1.29 is 19.1 Å². The Bertz CT molecular complexity index is 873. The molecule has 0 fully saturated rings. The van der Waals surface area contributed by atoms with Crippen molar-refractivity contribution in [3.63, 3.8) is 0 Å². The molecule has 0 bridgehead atoms. The topological polar surface area (TPSA) is 111 Å². The minimum Gasteiger partial charge on any atom is -0.444 e. The Balaban J connectivity index is 2.21. The second-order valence-corrected chi connectivity index (χ2v) is 7.72. The molecule has 150 valence electrons. The molecule has 7 nitrogen and oxygen atoms in total. The van der Waals surface area contributed by atoms with E-state index in [0.29, 0.717) is 0 Å². The van der Waals surface area contributed by atoms with Gasteiger partial charge in [0.15, 0.2) is 0 Å². The van der Waals surface area contributed by atoms with Crippen molar-refractivity contribution in [1.82, 2.24) is 10.6 Å². The van der Waals surface area contributed by atoms with E-state index in [1.54, 1.807) is 20.8 Å². The van der Waals surface area contributed by atoms with Crippen LogP contribution >= 0.6 is 0 Å². The highest BCUT2D eigenvalue weighted by Crippen LogP contribution is 2.17. The third-order valence-corrected chi connectivity index (χ3v) is 4.05. The van der Waals surface area contributed by atoms with Gasteiger partial charge >= 0.3 is 6.09 Å². The number of alkyl carbamates (subject to hydrolysis) is 1. The first-order chi connectivity index (χ1) is 13.0. The van der Waals surface area contributed by atoms with Crippen molar-refractivity contribution in [3.05, 3.63) is 48.0 Å². The molecule has 0 aliphatic heterocycles. The minimum absolute atomic E-state index is 0.237.